The van der Waals surface area contributed by atoms with Crippen LogP contribution < -0.4 is 14.8 Å². The number of aliphatic hydroxyl groups excluding tert-OH is 1. The lowest BCUT2D eigenvalue weighted by Gasteiger charge is -2.27. The van der Waals surface area contributed by atoms with Crippen LogP contribution in [-0.2, 0) is 10.0 Å². The monoisotopic (exact) mass is 388 g/mol. The number of hydrogen-bond acceptors (Lipinski definition) is 5. The van der Waals surface area contributed by atoms with E-state index in [1.165, 1.54) is 6.07 Å². The lowest BCUT2D eigenvalue weighted by atomic mass is 10.2. The van der Waals surface area contributed by atoms with Gasteiger partial charge >= 0.3 is 0 Å². The Morgan fingerprint density at radius 2 is 1.96 bits per heavy atom. The number of sulfonamides is 1. The number of ether oxygens (including phenoxy) is 1. The van der Waals surface area contributed by atoms with E-state index < -0.39 is 16.3 Å². The first-order valence-electron chi connectivity index (χ1n) is 6.97. The normalized spacial score (nSPS) is 16.8. The maximum atomic E-state index is 12.8. The first-order valence-corrected chi connectivity index (χ1v) is 9.21. The van der Waals surface area contributed by atoms with Gasteiger partial charge in [-0.1, -0.05) is 23.2 Å². The number of rotatable bonds is 3. The summed E-state index contributed by atoms with van der Waals surface area (Å²) in [5.41, 5.74) is 1.03. The fraction of sp³-hybridized carbons (Fsp3) is 0.200. The van der Waals surface area contributed by atoms with Crippen molar-refractivity contribution < 1.29 is 18.3 Å². The van der Waals surface area contributed by atoms with Crippen LogP contribution in [0.4, 0.5) is 11.4 Å². The third kappa shape index (κ3) is 3.25. The highest BCUT2D eigenvalue weighted by atomic mass is 35.5. The van der Waals surface area contributed by atoms with Crippen LogP contribution >= 0.6 is 23.2 Å². The van der Waals surface area contributed by atoms with Crippen molar-refractivity contribution in [3.05, 3.63) is 45.9 Å². The minimum atomic E-state index is -3.96. The Bertz CT molecular complexity index is 885. The highest BCUT2D eigenvalue weighted by Gasteiger charge is 2.30. The fourth-order valence-corrected chi connectivity index (χ4v) is 4.24. The summed E-state index contributed by atoms with van der Waals surface area (Å²) in [6.07, 6.45) is -0.934. The average Bonchev–Trinajstić information content (AvgIpc) is 2.50. The van der Waals surface area contributed by atoms with Crippen LogP contribution in [0.1, 0.15) is 5.56 Å². The molecule has 128 valence electrons. The maximum absolute atomic E-state index is 12.8. The molecule has 0 spiro atoms. The third-order valence-corrected chi connectivity index (χ3v) is 5.67. The molecule has 0 aromatic heterocycles. The highest BCUT2D eigenvalue weighted by molar-refractivity contribution is 7.92. The second kappa shape index (κ2) is 6.33. The largest absolute Gasteiger partial charge is 0.485 e. The third-order valence-electron chi connectivity index (χ3n) is 3.49. The van der Waals surface area contributed by atoms with E-state index in [9.17, 15) is 13.5 Å². The summed E-state index contributed by atoms with van der Waals surface area (Å²) in [6, 6.07) is 7.78. The van der Waals surface area contributed by atoms with Crippen molar-refractivity contribution in [3.8, 4) is 5.75 Å². The molecule has 6 nitrogen and oxygen atoms in total. The molecule has 3 N–H and O–H groups in total. The molecule has 2 aromatic rings. The number of fused-ring (bicyclic) bond motifs is 1. The zero-order valence-corrected chi connectivity index (χ0v) is 14.8. The molecule has 24 heavy (non-hydrogen) atoms. The zero-order chi connectivity index (χ0) is 17.5. The number of anilines is 2. The zero-order valence-electron chi connectivity index (χ0n) is 12.5. The molecule has 0 bridgehead atoms. The van der Waals surface area contributed by atoms with Crippen LogP contribution in [-0.4, -0.2) is 26.4 Å². The Morgan fingerprint density at radius 3 is 2.62 bits per heavy atom. The van der Waals surface area contributed by atoms with Gasteiger partial charge in [0.2, 0.25) is 0 Å². The molecule has 1 aliphatic rings. The van der Waals surface area contributed by atoms with E-state index in [0.717, 1.165) is 0 Å². The first kappa shape index (κ1) is 17.2. The Hall–Kier alpha value is -1.67. The molecule has 3 rings (SSSR count). The van der Waals surface area contributed by atoms with Crippen LogP contribution in [0.2, 0.25) is 10.0 Å². The molecule has 0 aliphatic carbocycles. The van der Waals surface area contributed by atoms with E-state index in [2.05, 4.69) is 10.0 Å². The number of aliphatic hydroxyl groups is 1. The van der Waals surface area contributed by atoms with E-state index in [1.54, 1.807) is 31.2 Å². The second-order valence-corrected chi connectivity index (χ2v) is 7.74. The van der Waals surface area contributed by atoms with Gasteiger partial charge in [-0.15, -0.1) is 0 Å². The molecule has 1 unspecified atom stereocenters. The van der Waals surface area contributed by atoms with Gasteiger partial charge in [0.1, 0.15) is 11.5 Å². The van der Waals surface area contributed by atoms with Gasteiger partial charge in [-0.25, -0.2) is 8.42 Å². The molecule has 1 heterocycles. The predicted molar refractivity (Wildman–Crippen MR) is 93.6 cm³/mol. The molecule has 0 fully saturated rings. The van der Waals surface area contributed by atoms with Gasteiger partial charge in [0, 0.05) is 15.7 Å². The maximum Gasteiger partial charge on any atom is 0.265 e. The van der Waals surface area contributed by atoms with Gasteiger partial charge in [-0.05, 0) is 42.8 Å². The number of nitrogens with one attached hydrogen (secondary N) is 2. The van der Waals surface area contributed by atoms with Crippen LogP contribution in [0.15, 0.2) is 35.2 Å². The van der Waals surface area contributed by atoms with E-state index in [-0.39, 0.29) is 22.3 Å². The molecular formula is C15H14Cl2N2O4S. The van der Waals surface area contributed by atoms with Crippen LogP contribution in [0.5, 0.6) is 5.75 Å². The number of hydrogen-bond donors (Lipinski definition) is 3. The molecule has 0 amide bonds. The summed E-state index contributed by atoms with van der Waals surface area (Å²) < 4.78 is 33.6. The molecular weight excluding hydrogens is 375 g/mol. The molecule has 0 saturated carbocycles. The van der Waals surface area contributed by atoms with Crippen molar-refractivity contribution in [1.29, 1.82) is 0 Å². The SMILES string of the molecule is Cc1c(Cl)cc2c(c1S(=O)(=O)Nc1ccc(Cl)cc1)OCC(O)N2. The molecule has 0 radical (unpaired) electrons. The standard InChI is InChI=1S/C15H14Cl2N2O4S/c1-8-11(17)6-12-14(23-7-13(20)18-12)15(8)24(21,22)19-10-4-2-9(16)3-5-10/h2-6,13,18-20H,7H2,1H3. The van der Waals surface area contributed by atoms with Gasteiger partial charge in [-0.3, -0.25) is 4.72 Å². The summed E-state index contributed by atoms with van der Waals surface area (Å²) >= 11 is 11.9. The predicted octanol–water partition coefficient (Wildman–Crippen LogP) is 3.23. The van der Waals surface area contributed by atoms with E-state index >= 15 is 0 Å². The Kier molecular flexibility index (Phi) is 4.52. The quantitative estimate of drug-likeness (QED) is 0.750. The van der Waals surface area contributed by atoms with Crippen molar-refractivity contribution in [2.45, 2.75) is 18.0 Å². The Balaban J connectivity index is 2.08. The molecule has 9 heteroatoms. The number of benzene rings is 2. The summed E-state index contributed by atoms with van der Waals surface area (Å²) in [5, 5.41) is 13.1. The summed E-state index contributed by atoms with van der Waals surface area (Å²) in [4.78, 5) is -0.0700. The van der Waals surface area contributed by atoms with Gasteiger partial charge in [0.25, 0.3) is 10.0 Å². The summed E-state index contributed by atoms with van der Waals surface area (Å²) in [6.45, 7) is 1.52. The topological polar surface area (TPSA) is 87.7 Å². The molecule has 1 aliphatic heterocycles. The smallest absolute Gasteiger partial charge is 0.265 e. The molecule has 1 atom stereocenters. The van der Waals surface area contributed by atoms with Crippen molar-refractivity contribution >= 4 is 44.6 Å². The van der Waals surface area contributed by atoms with Crippen LogP contribution in [0.3, 0.4) is 0 Å². The van der Waals surface area contributed by atoms with Crippen LogP contribution in [0.25, 0.3) is 0 Å². The minimum Gasteiger partial charge on any atom is -0.485 e. The van der Waals surface area contributed by atoms with Crippen molar-refractivity contribution in [2.75, 3.05) is 16.6 Å². The molecule has 2 aromatic carbocycles. The lowest BCUT2D eigenvalue weighted by molar-refractivity contribution is 0.117. The first-order chi connectivity index (χ1) is 11.3. The number of halogens is 2. The summed E-state index contributed by atoms with van der Waals surface area (Å²) in [5.74, 6) is 0.128. The van der Waals surface area contributed by atoms with Gasteiger partial charge < -0.3 is 15.2 Å². The van der Waals surface area contributed by atoms with Gasteiger partial charge in [0.15, 0.2) is 12.0 Å². The lowest BCUT2D eigenvalue weighted by Crippen LogP contribution is -2.32. The second-order valence-electron chi connectivity index (χ2n) is 5.27. The van der Waals surface area contributed by atoms with E-state index in [1.807, 2.05) is 0 Å². The average molecular weight is 389 g/mol. The van der Waals surface area contributed by atoms with Crippen molar-refractivity contribution in [3.63, 3.8) is 0 Å². The van der Waals surface area contributed by atoms with Crippen molar-refractivity contribution in [1.82, 2.24) is 0 Å². The van der Waals surface area contributed by atoms with Crippen LogP contribution in [0, 0.1) is 6.92 Å². The fourth-order valence-electron chi connectivity index (χ4n) is 2.38. The minimum absolute atomic E-state index is 0.0700. The van der Waals surface area contributed by atoms with E-state index in [4.69, 9.17) is 27.9 Å². The highest BCUT2D eigenvalue weighted by Crippen LogP contribution is 2.41. The molecule has 0 saturated heterocycles. The summed E-state index contributed by atoms with van der Waals surface area (Å²) in [7, 11) is -3.96. The van der Waals surface area contributed by atoms with E-state index in [0.29, 0.717) is 22.0 Å². The Morgan fingerprint density at radius 1 is 1.29 bits per heavy atom. The van der Waals surface area contributed by atoms with Gasteiger partial charge in [-0.2, -0.15) is 0 Å². The Labute approximate surface area is 149 Å². The van der Waals surface area contributed by atoms with Crippen molar-refractivity contribution in [2.24, 2.45) is 0 Å². The van der Waals surface area contributed by atoms with Gasteiger partial charge in [0.05, 0.1) is 5.69 Å².